The van der Waals surface area contributed by atoms with Crippen LogP contribution in [-0.4, -0.2) is 42.1 Å². The molecule has 0 aromatic carbocycles. The topological polar surface area (TPSA) is 82.1 Å². The molecule has 25 heavy (non-hydrogen) atoms. The normalized spacial score (nSPS) is 26.4. The van der Waals surface area contributed by atoms with E-state index < -0.39 is 6.16 Å². The third-order valence-corrected chi connectivity index (χ3v) is 4.85. The fourth-order valence-electron chi connectivity index (χ4n) is 3.38. The van der Waals surface area contributed by atoms with Crippen LogP contribution in [0, 0.1) is 17.8 Å². The predicted octanol–water partition coefficient (Wildman–Crippen LogP) is 2.85. The van der Waals surface area contributed by atoms with Crippen LogP contribution in [0.4, 0.5) is 4.79 Å². The molecular weight excluding hydrogens is 326 g/mol. The monoisotopic (exact) mass is 353 g/mol. The first-order valence-electron chi connectivity index (χ1n) is 8.92. The molecule has 1 saturated carbocycles. The summed E-state index contributed by atoms with van der Waals surface area (Å²) < 4.78 is 4.93. The van der Waals surface area contributed by atoms with Crippen LogP contribution in [0.5, 0.6) is 0 Å². The standard InChI is InChI=1S/C18H27NO6/c1-12(2)14-6-5-13(3)11-15(14)24-25-18(22)23-10-4-9-19-16(20)7-8-17(19)21/h7-8,12-15H,4-6,9-11H2,1-3H3. The van der Waals surface area contributed by atoms with Gasteiger partial charge >= 0.3 is 6.16 Å². The number of hydrogen-bond donors (Lipinski definition) is 0. The minimum atomic E-state index is -0.891. The highest BCUT2D eigenvalue weighted by atomic mass is 17.2. The van der Waals surface area contributed by atoms with Crippen LogP contribution in [0.15, 0.2) is 12.2 Å². The average Bonchev–Trinajstić information content (AvgIpc) is 2.88. The first-order chi connectivity index (χ1) is 11.9. The molecule has 0 aromatic rings. The fourth-order valence-corrected chi connectivity index (χ4v) is 3.38. The van der Waals surface area contributed by atoms with Gasteiger partial charge in [0.05, 0.1) is 6.61 Å². The van der Waals surface area contributed by atoms with E-state index in [1.165, 1.54) is 12.2 Å². The number of amides is 2. The first kappa shape index (κ1) is 19.4. The van der Waals surface area contributed by atoms with Crippen molar-refractivity contribution >= 4 is 18.0 Å². The lowest BCUT2D eigenvalue weighted by Crippen LogP contribution is -2.35. The summed E-state index contributed by atoms with van der Waals surface area (Å²) >= 11 is 0. The molecule has 2 amide bonds. The maximum Gasteiger partial charge on any atom is 0.540 e. The maximum atomic E-state index is 11.6. The molecule has 1 fully saturated rings. The summed E-state index contributed by atoms with van der Waals surface area (Å²) in [5, 5.41) is 0. The Morgan fingerprint density at radius 1 is 1.24 bits per heavy atom. The Labute approximate surface area is 148 Å². The third kappa shape index (κ3) is 5.56. The molecule has 140 valence electrons. The van der Waals surface area contributed by atoms with E-state index in [2.05, 4.69) is 20.8 Å². The van der Waals surface area contributed by atoms with Crippen LogP contribution in [0.2, 0.25) is 0 Å². The second kappa shape index (κ2) is 8.99. The minimum absolute atomic E-state index is 0.0495. The SMILES string of the molecule is CC1CCC(C(C)C)C(OOC(=O)OCCCN2C(=O)C=CC2=O)C1. The van der Waals surface area contributed by atoms with Crippen molar-refractivity contribution in [3.63, 3.8) is 0 Å². The Morgan fingerprint density at radius 2 is 1.92 bits per heavy atom. The van der Waals surface area contributed by atoms with Gasteiger partial charge in [-0.05, 0) is 37.0 Å². The highest BCUT2D eigenvalue weighted by Crippen LogP contribution is 2.35. The Morgan fingerprint density at radius 3 is 2.56 bits per heavy atom. The van der Waals surface area contributed by atoms with E-state index in [-0.39, 0.29) is 31.1 Å². The highest BCUT2D eigenvalue weighted by Gasteiger charge is 2.33. The molecule has 2 rings (SSSR count). The summed E-state index contributed by atoms with van der Waals surface area (Å²) in [5.74, 6) is 0.679. The number of hydrogen-bond acceptors (Lipinski definition) is 6. The predicted molar refractivity (Wildman–Crippen MR) is 89.1 cm³/mol. The van der Waals surface area contributed by atoms with E-state index in [4.69, 9.17) is 14.5 Å². The van der Waals surface area contributed by atoms with Crippen molar-refractivity contribution in [3.05, 3.63) is 12.2 Å². The van der Waals surface area contributed by atoms with Gasteiger partial charge in [0.2, 0.25) is 0 Å². The zero-order valence-electron chi connectivity index (χ0n) is 15.1. The molecule has 3 unspecified atom stereocenters. The van der Waals surface area contributed by atoms with E-state index in [1.54, 1.807) is 0 Å². The average molecular weight is 353 g/mol. The lowest BCUT2D eigenvalue weighted by Gasteiger charge is -2.35. The van der Waals surface area contributed by atoms with Gasteiger partial charge in [0.1, 0.15) is 6.10 Å². The molecule has 7 heteroatoms. The smallest absolute Gasteiger partial charge is 0.432 e. The molecule has 0 N–H and O–H groups in total. The largest absolute Gasteiger partial charge is 0.540 e. The van der Waals surface area contributed by atoms with Gasteiger partial charge in [-0.3, -0.25) is 19.4 Å². The van der Waals surface area contributed by atoms with Crippen LogP contribution in [0.3, 0.4) is 0 Å². The van der Waals surface area contributed by atoms with Crippen molar-refractivity contribution in [1.29, 1.82) is 0 Å². The molecule has 0 aromatic heterocycles. The van der Waals surface area contributed by atoms with Crippen LogP contribution in [-0.2, 0) is 24.1 Å². The Hall–Kier alpha value is -1.89. The van der Waals surface area contributed by atoms with Crippen molar-refractivity contribution < 1.29 is 28.9 Å². The number of carbonyl (C=O) groups excluding carboxylic acids is 3. The molecule has 0 spiro atoms. The third-order valence-electron chi connectivity index (χ3n) is 4.85. The number of ether oxygens (including phenoxy) is 1. The molecular formula is C18H27NO6. The van der Waals surface area contributed by atoms with Gasteiger partial charge in [-0.1, -0.05) is 27.2 Å². The van der Waals surface area contributed by atoms with Gasteiger partial charge in [0, 0.05) is 18.7 Å². The summed E-state index contributed by atoms with van der Waals surface area (Å²) in [6.07, 6.45) is 4.89. The van der Waals surface area contributed by atoms with Crippen molar-refractivity contribution in [2.24, 2.45) is 17.8 Å². The van der Waals surface area contributed by atoms with Crippen molar-refractivity contribution in [2.75, 3.05) is 13.2 Å². The fraction of sp³-hybridized carbons (Fsp3) is 0.722. The quantitative estimate of drug-likeness (QED) is 0.230. The van der Waals surface area contributed by atoms with Crippen LogP contribution >= 0.6 is 0 Å². The first-order valence-corrected chi connectivity index (χ1v) is 8.92. The summed E-state index contributed by atoms with van der Waals surface area (Å²) in [4.78, 5) is 45.6. The lowest BCUT2D eigenvalue weighted by molar-refractivity contribution is -0.306. The molecule has 2 aliphatic rings. The summed E-state index contributed by atoms with van der Waals surface area (Å²) in [5.41, 5.74) is 0. The number of rotatable bonds is 7. The molecule has 3 atom stereocenters. The van der Waals surface area contributed by atoms with E-state index >= 15 is 0 Å². The maximum absolute atomic E-state index is 11.6. The van der Waals surface area contributed by atoms with Gasteiger partial charge in [-0.25, -0.2) is 4.79 Å². The van der Waals surface area contributed by atoms with E-state index in [1.807, 2.05) is 0 Å². The molecule has 1 aliphatic carbocycles. The Balaban J connectivity index is 1.64. The highest BCUT2D eigenvalue weighted by molar-refractivity contribution is 6.12. The zero-order valence-corrected chi connectivity index (χ0v) is 15.1. The van der Waals surface area contributed by atoms with Gasteiger partial charge in [-0.15, -0.1) is 0 Å². The van der Waals surface area contributed by atoms with Gasteiger partial charge in [0.25, 0.3) is 11.8 Å². The molecule has 0 radical (unpaired) electrons. The number of nitrogens with zero attached hydrogens (tertiary/aromatic N) is 1. The zero-order chi connectivity index (χ0) is 18.4. The Bertz CT molecular complexity index is 512. The van der Waals surface area contributed by atoms with Crippen LogP contribution in [0.25, 0.3) is 0 Å². The van der Waals surface area contributed by atoms with Crippen LogP contribution < -0.4 is 0 Å². The van der Waals surface area contributed by atoms with E-state index in [0.29, 0.717) is 24.2 Å². The molecule has 0 saturated heterocycles. The summed E-state index contributed by atoms with van der Waals surface area (Å²) in [6, 6.07) is 0. The minimum Gasteiger partial charge on any atom is -0.432 e. The van der Waals surface area contributed by atoms with Gasteiger partial charge < -0.3 is 4.74 Å². The van der Waals surface area contributed by atoms with E-state index in [0.717, 1.165) is 24.2 Å². The van der Waals surface area contributed by atoms with Crippen molar-refractivity contribution in [2.45, 2.75) is 52.6 Å². The molecule has 1 aliphatic heterocycles. The van der Waals surface area contributed by atoms with E-state index in [9.17, 15) is 14.4 Å². The van der Waals surface area contributed by atoms with Crippen molar-refractivity contribution in [3.8, 4) is 0 Å². The van der Waals surface area contributed by atoms with Gasteiger partial charge in [0.15, 0.2) is 0 Å². The summed E-state index contributed by atoms with van der Waals surface area (Å²) in [7, 11) is 0. The molecule has 1 heterocycles. The lowest BCUT2D eigenvalue weighted by atomic mass is 9.75. The number of carbonyl (C=O) groups is 3. The number of imide groups is 1. The molecule has 7 nitrogen and oxygen atoms in total. The Kier molecular flexibility index (Phi) is 6.99. The van der Waals surface area contributed by atoms with Crippen molar-refractivity contribution in [1.82, 2.24) is 4.90 Å². The van der Waals surface area contributed by atoms with Gasteiger partial charge in [-0.2, -0.15) is 4.89 Å². The molecule has 0 bridgehead atoms. The second-order valence-electron chi connectivity index (χ2n) is 7.16. The summed E-state index contributed by atoms with van der Waals surface area (Å²) in [6.45, 7) is 6.71. The second-order valence-corrected chi connectivity index (χ2v) is 7.16. The van der Waals surface area contributed by atoms with Crippen LogP contribution in [0.1, 0.15) is 46.5 Å².